The van der Waals surface area contributed by atoms with Crippen LogP contribution in [0.25, 0.3) is 6.08 Å². The molecule has 0 atom stereocenters. The Labute approximate surface area is 232 Å². The van der Waals surface area contributed by atoms with Crippen molar-refractivity contribution in [2.45, 2.75) is 6.61 Å². The van der Waals surface area contributed by atoms with E-state index in [1.165, 1.54) is 0 Å². The highest BCUT2D eigenvalue weighted by atomic mass is 79.9. The fraction of sp³-hybridized carbons (Fsp3) is 0.0800. The summed E-state index contributed by atoms with van der Waals surface area (Å²) in [6, 6.07) is 17.2. The number of thioether (sulfide) groups is 1. The van der Waals surface area contributed by atoms with Crippen LogP contribution in [0.1, 0.15) is 21.5 Å². The number of imide groups is 1. The molecule has 10 heteroatoms. The molecule has 2 amide bonds. The van der Waals surface area contributed by atoms with Gasteiger partial charge in [-0.1, -0.05) is 35.3 Å². The van der Waals surface area contributed by atoms with Crippen LogP contribution in [0, 0.1) is 0 Å². The number of Topliss-reactive ketones (excluding diaryl/α,β-unsaturated/α-hetero) is 1. The first-order valence-corrected chi connectivity index (χ1v) is 13.3. The molecule has 35 heavy (non-hydrogen) atoms. The number of carbonyl (C=O) groups excluding carboxylic acids is 3. The third-order valence-electron chi connectivity index (χ3n) is 4.96. The van der Waals surface area contributed by atoms with Gasteiger partial charge in [0.25, 0.3) is 11.1 Å². The van der Waals surface area contributed by atoms with Crippen molar-refractivity contribution >= 4 is 89.8 Å². The van der Waals surface area contributed by atoms with Gasteiger partial charge in [-0.05, 0) is 109 Å². The molecule has 178 valence electrons. The van der Waals surface area contributed by atoms with Crippen LogP contribution in [-0.2, 0) is 11.4 Å². The van der Waals surface area contributed by atoms with Crippen molar-refractivity contribution in [1.29, 1.82) is 0 Å². The Morgan fingerprint density at radius 3 is 2.11 bits per heavy atom. The van der Waals surface area contributed by atoms with Gasteiger partial charge in [-0.15, -0.1) is 0 Å². The Bertz CT molecular complexity index is 1320. The number of carbonyl (C=O) groups is 3. The summed E-state index contributed by atoms with van der Waals surface area (Å²) >= 11 is 19.6. The summed E-state index contributed by atoms with van der Waals surface area (Å²) in [5.74, 6) is -0.269. The molecule has 1 saturated heterocycles. The zero-order chi connectivity index (χ0) is 25.1. The monoisotopic (exact) mass is 653 g/mol. The fourth-order valence-corrected chi connectivity index (χ4v) is 5.74. The first-order chi connectivity index (χ1) is 16.7. The zero-order valence-electron chi connectivity index (χ0n) is 17.8. The molecule has 0 aliphatic carbocycles. The second kappa shape index (κ2) is 11.3. The molecule has 1 fully saturated rings. The van der Waals surface area contributed by atoms with Gasteiger partial charge >= 0.3 is 0 Å². The lowest BCUT2D eigenvalue weighted by Gasteiger charge is -2.12. The van der Waals surface area contributed by atoms with E-state index in [0.29, 0.717) is 42.5 Å². The van der Waals surface area contributed by atoms with Crippen molar-refractivity contribution < 1.29 is 19.1 Å². The van der Waals surface area contributed by atoms with E-state index in [4.69, 9.17) is 27.9 Å². The Morgan fingerprint density at radius 2 is 1.51 bits per heavy atom. The highest BCUT2D eigenvalue weighted by Gasteiger charge is 2.36. The molecule has 0 saturated carbocycles. The summed E-state index contributed by atoms with van der Waals surface area (Å²) in [7, 11) is 0. The lowest BCUT2D eigenvalue weighted by atomic mass is 10.1. The number of nitrogens with zero attached hydrogens (tertiary/aromatic N) is 1. The van der Waals surface area contributed by atoms with E-state index >= 15 is 0 Å². The van der Waals surface area contributed by atoms with E-state index < -0.39 is 11.1 Å². The van der Waals surface area contributed by atoms with E-state index in [9.17, 15) is 14.4 Å². The van der Waals surface area contributed by atoms with Crippen LogP contribution in [0.15, 0.2) is 74.5 Å². The second-order valence-electron chi connectivity index (χ2n) is 7.43. The first-order valence-electron chi connectivity index (χ1n) is 10.1. The van der Waals surface area contributed by atoms with Crippen LogP contribution in [-0.4, -0.2) is 28.4 Å². The Hall–Kier alpha value is -2.10. The minimum atomic E-state index is -0.516. The Morgan fingerprint density at radius 1 is 0.943 bits per heavy atom. The van der Waals surface area contributed by atoms with Crippen molar-refractivity contribution in [2.75, 3.05) is 6.54 Å². The van der Waals surface area contributed by atoms with Gasteiger partial charge in [0, 0.05) is 15.6 Å². The molecule has 1 aliphatic rings. The number of rotatable bonds is 7. The fourth-order valence-electron chi connectivity index (χ4n) is 3.20. The SMILES string of the molecule is O=C(CN1C(=O)S/C(=C/c2cc(Br)c(OCc3ccc(Cl)cc3)c(Br)c2)C1=O)c1ccc(Cl)cc1. The van der Waals surface area contributed by atoms with Crippen molar-refractivity contribution in [3.8, 4) is 5.75 Å². The van der Waals surface area contributed by atoms with Gasteiger partial charge in [-0.25, -0.2) is 0 Å². The highest BCUT2D eigenvalue weighted by Crippen LogP contribution is 2.38. The van der Waals surface area contributed by atoms with Crippen molar-refractivity contribution in [3.63, 3.8) is 0 Å². The molecule has 0 spiro atoms. The standard InChI is InChI=1S/C25H15Br2Cl2NO4S/c26-19-9-15(10-20(27)23(19)34-13-14-1-5-17(28)6-2-14)11-22-24(32)30(25(33)35-22)12-21(31)16-3-7-18(29)8-4-16/h1-11H,12-13H2/b22-11+. The summed E-state index contributed by atoms with van der Waals surface area (Å²) in [5.41, 5.74) is 2.01. The Kier molecular flexibility index (Phi) is 8.39. The lowest BCUT2D eigenvalue weighted by molar-refractivity contribution is -0.122. The minimum absolute atomic E-state index is 0.229. The predicted octanol–water partition coefficient (Wildman–Crippen LogP) is 8.02. The normalized spacial score (nSPS) is 14.6. The van der Waals surface area contributed by atoms with Gasteiger partial charge in [0.2, 0.25) is 0 Å². The summed E-state index contributed by atoms with van der Waals surface area (Å²) in [6.07, 6.45) is 1.61. The van der Waals surface area contributed by atoms with Gasteiger partial charge < -0.3 is 4.74 Å². The van der Waals surface area contributed by atoms with Gasteiger partial charge in [-0.3, -0.25) is 19.3 Å². The number of benzene rings is 3. The molecule has 3 aromatic rings. The van der Waals surface area contributed by atoms with Gasteiger partial charge in [-0.2, -0.15) is 0 Å². The molecule has 1 heterocycles. The van der Waals surface area contributed by atoms with E-state index in [1.807, 2.05) is 12.1 Å². The number of hydrogen-bond acceptors (Lipinski definition) is 5. The smallest absolute Gasteiger partial charge is 0.293 e. The van der Waals surface area contributed by atoms with Crippen LogP contribution in [0.2, 0.25) is 10.0 Å². The predicted molar refractivity (Wildman–Crippen MR) is 146 cm³/mol. The van der Waals surface area contributed by atoms with Crippen LogP contribution in [0.5, 0.6) is 5.75 Å². The maximum Gasteiger partial charge on any atom is 0.293 e. The van der Waals surface area contributed by atoms with E-state index in [0.717, 1.165) is 22.2 Å². The van der Waals surface area contributed by atoms with Crippen LogP contribution >= 0.6 is 66.8 Å². The van der Waals surface area contributed by atoms with E-state index in [1.54, 1.807) is 54.6 Å². The molecule has 0 radical (unpaired) electrons. The Balaban J connectivity index is 1.47. The van der Waals surface area contributed by atoms with Crippen LogP contribution in [0.4, 0.5) is 4.79 Å². The van der Waals surface area contributed by atoms with Crippen molar-refractivity contribution in [3.05, 3.63) is 101 Å². The molecule has 0 N–H and O–H groups in total. The quantitative estimate of drug-likeness (QED) is 0.191. The molecule has 3 aromatic carbocycles. The van der Waals surface area contributed by atoms with Crippen molar-refractivity contribution in [2.24, 2.45) is 0 Å². The molecular formula is C25H15Br2Cl2NO4S. The minimum Gasteiger partial charge on any atom is -0.487 e. The van der Waals surface area contributed by atoms with Gasteiger partial charge in [0.1, 0.15) is 12.4 Å². The number of ether oxygens (including phenoxy) is 1. The average Bonchev–Trinajstić information content (AvgIpc) is 3.07. The molecule has 0 aromatic heterocycles. The third-order valence-corrected chi connectivity index (χ3v) is 7.55. The zero-order valence-corrected chi connectivity index (χ0v) is 23.3. The topological polar surface area (TPSA) is 63.7 Å². The number of halogens is 4. The largest absolute Gasteiger partial charge is 0.487 e. The first kappa shape index (κ1) is 26.0. The molecule has 4 rings (SSSR count). The number of ketones is 1. The summed E-state index contributed by atoms with van der Waals surface area (Å²) < 4.78 is 7.27. The number of hydrogen-bond donors (Lipinski definition) is 0. The maximum absolute atomic E-state index is 12.8. The van der Waals surface area contributed by atoms with Gasteiger partial charge in [0.05, 0.1) is 20.4 Å². The average molecular weight is 656 g/mol. The molecule has 1 aliphatic heterocycles. The number of amides is 2. The van der Waals surface area contributed by atoms with Crippen LogP contribution < -0.4 is 4.74 Å². The third kappa shape index (κ3) is 6.37. The molecule has 5 nitrogen and oxygen atoms in total. The second-order valence-corrected chi connectivity index (χ2v) is 11.0. The summed E-state index contributed by atoms with van der Waals surface area (Å²) in [6.45, 7) is 0.00273. The van der Waals surface area contributed by atoms with Gasteiger partial charge in [0.15, 0.2) is 5.78 Å². The molecular weight excluding hydrogens is 641 g/mol. The van der Waals surface area contributed by atoms with Crippen LogP contribution in [0.3, 0.4) is 0 Å². The summed E-state index contributed by atoms with van der Waals surface area (Å²) in [5, 5.41) is 0.651. The maximum atomic E-state index is 12.8. The molecule has 0 bridgehead atoms. The summed E-state index contributed by atoms with van der Waals surface area (Å²) in [4.78, 5) is 39.0. The van der Waals surface area contributed by atoms with Crippen molar-refractivity contribution in [1.82, 2.24) is 4.90 Å². The highest BCUT2D eigenvalue weighted by molar-refractivity contribution is 9.11. The lowest BCUT2D eigenvalue weighted by Crippen LogP contribution is -2.33. The van der Waals surface area contributed by atoms with E-state index in [2.05, 4.69) is 31.9 Å². The molecule has 0 unspecified atom stereocenters. The van der Waals surface area contributed by atoms with E-state index in [-0.39, 0.29) is 17.2 Å².